The predicted molar refractivity (Wildman–Crippen MR) is 135 cm³/mol. The van der Waals surface area contributed by atoms with Crippen LogP contribution in [-0.4, -0.2) is 29.5 Å². The number of ether oxygens (including phenoxy) is 2. The van der Waals surface area contributed by atoms with E-state index in [2.05, 4.69) is 57.2 Å². The summed E-state index contributed by atoms with van der Waals surface area (Å²) in [6.45, 7) is 6.63. The maximum absolute atomic E-state index is 9.57. The first-order valence-corrected chi connectivity index (χ1v) is 12.2. The second-order valence-corrected chi connectivity index (χ2v) is 10.2. The summed E-state index contributed by atoms with van der Waals surface area (Å²) in [4.78, 5) is 0. The van der Waals surface area contributed by atoms with E-state index >= 15 is 0 Å². The van der Waals surface area contributed by atoms with Crippen molar-refractivity contribution in [3.8, 4) is 22.6 Å². The lowest BCUT2D eigenvalue weighted by Crippen LogP contribution is -2.21. The minimum atomic E-state index is -0.875. The molecule has 2 N–H and O–H groups in total. The van der Waals surface area contributed by atoms with Crippen LogP contribution in [0.15, 0.2) is 48.5 Å². The van der Waals surface area contributed by atoms with Crippen molar-refractivity contribution in [3.05, 3.63) is 81.9 Å². The number of fused-ring (bicyclic) bond motifs is 1. The molecular formula is C30H34O4. The Morgan fingerprint density at radius 2 is 1.62 bits per heavy atom. The van der Waals surface area contributed by atoms with Crippen LogP contribution in [0.2, 0.25) is 0 Å². The molecule has 1 saturated carbocycles. The molecule has 34 heavy (non-hydrogen) atoms. The molecule has 0 bridgehead atoms. The zero-order valence-corrected chi connectivity index (χ0v) is 20.4. The molecular weight excluding hydrogens is 424 g/mol. The molecule has 1 spiro atoms. The third-order valence-electron chi connectivity index (χ3n) is 7.53. The number of aliphatic hydroxyl groups is 2. The largest absolute Gasteiger partial charge is 0.491 e. The Kier molecular flexibility index (Phi) is 6.13. The summed E-state index contributed by atoms with van der Waals surface area (Å²) in [5.74, 6) is 1.66. The molecule has 0 unspecified atom stereocenters. The van der Waals surface area contributed by atoms with Crippen molar-refractivity contribution in [1.82, 2.24) is 0 Å². The van der Waals surface area contributed by atoms with Crippen LogP contribution in [0.5, 0.6) is 11.5 Å². The van der Waals surface area contributed by atoms with Gasteiger partial charge in [-0.05, 0) is 121 Å². The minimum Gasteiger partial charge on any atom is -0.491 e. The third-order valence-corrected chi connectivity index (χ3v) is 7.53. The molecule has 4 nitrogen and oxygen atoms in total. The number of rotatable bonds is 8. The molecule has 0 radical (unpaired) electrons. The van der Waals surface area contributed by atoms with Crippen molar-refractivity contribution in [2.24, 2.45) is 5.41 Å². The van der Waals surface area contributed by atoms with Gasteiger partial charge in [0.15, 0.2) is 0 Å². The molecule has 1 fully saturated rings. The predicted octanol–water partition coefficient (Wildman–Crippen LogP) is 5.47. The van der Waals surface area contributed by atoms with E-state index in [-0.39, 0.29) is 13.2 Å². The summed E-state index contributed by atoms with van der Waals surface area (Å²) >= 11 is 0. The van der Waals surface area contributed by atoms with Crippen LogP contribution in [0.3, 0.4) is 0 Å². The summed E-state index contributed by atoms with van der Waals surface area (Å²) in [6, 6.07) is 17.0. The van der Waals surface area contributed by atoms with Crippen LogP contribution in [0.1, 0.15) is 46.2 Å². The van der Waals surface area contributed by atoms with Gasteiger partial charge in [0.1, 0.15) is 30.8 Å². The molecule has 178 valence electrons. The lowest BCUT2D eigenvalue weighted by Gasteiger charge is -2.18. The number of aryl methyl sites for hydroxylation is 2. The van der Waals surface area contributed by atoms with Crippen LogP contribution in [0, 0.1) is 26.2 Å². The van der Waals surface area contributed by atoms with E-state index in [4.69, 9.17) is 14.6 Å². The summed E-state index contributed by atoms with van der Waals surface area (Å²) < 4.78 is 11.9. The molecule has 0 heterocycles. The molecule has 3 aromatic rings. The molecule has 4 heteroatoms. The number of benzene rings is 3. The molecule has 2 aliphatic carbocycles. The number of aliphatic hydroxyl groups excluding tert-OH is 2. The SMILES string of the molecule is Cc1cc(OC[C@H](O)CO)cc(C)c1-c1cccc(COc2ccc3c(c2)CC2(CC2)C3)c1C. The van der Waals surface area contributed by atoms with Crippen LogP contribution in [0.4, 0.5) is 0 Å². The van der Waals surface area contributed by atoms with Crippen molar-refractivity contribution < 1.29 is 19.7 Å². The highest BCUT2D eigenvalue weighted by Crippen LogP contribution is 2.55. The van der Waals surface area contributed by atoms with Gasteiger partial charge >= 0.3 is 0 Å². The molecule has 2 aliphatic rings. The molecule has 0 aliphatic heterocycles. The monoisotopic (exact) mass is 458 g/mol. The van der Waals surface area contributed by atoms with E-state index in [1.165, 1.54) is 59.1 Å². The first kappa shape index (κ1) is 22.9. The topological polar surface area (TPSA) is 58.9 Å². The van der Waals surface area contributed by atoms with Crippen LogP contribution in [0.25, 0.3) is 11.1 Å². The molecule has 0 saturated heterocycles. The Labute approximate surface area is 202 Å². The van der Waals surface area contributed by atoms with Crippen LogP contribution >= 0.6 is 0 Å². The quantitative estimate of drug-likeness (QED) is 0.470. The van der Waals surface area contributed by atoms with E-state index in [1.54, 1.807) is 0 Å². The lowest BCUT2D eigenvalue weighted by atomic mass is 9.90. The summed E-state index contributed by atoms with van der Waals surface area (Å²) in [7, 11) is 0. The second-order valence-electron chi connectivity index (χ2n) is 10.2. The van der Waals surface area contributed by atoms with E-state index in [0.717, 1.165) is 16.9 Å². The number of hydrogen-bond donors (Lipinski definition) is 2. The van der Waals surface area contributed by atoms with Crippen molar-refractivity contribution in [3.63, 3.8) is 0 Å². The fourth-order valence-corrected chi connectivity index (χ4v) is 5.38. The van der Waals surface area contributed by atoms with Gasteiger partial charge in [-0.2, -0.15) is 0 Å². The smallest absolute Gasteiger partial charge is 0.120 e. The summed E-state index contributed by atoms with van der Waals surface area (Å²) in [5, 5.41) is 18.6. The van der Waals surface area contributed by atoms with E-state index in [9.17, 15) is 5.11 Å². The third kappa shape index (κ3) is 4.57. The average Bonchev–Trinajstić information content (AvgIpc) is 3.46. The van der Waals surface area contributed by atoms with Gasteiger partial charge in [0.25, 0.3) is 0 Å². The van der Waals surface area contributed by atoms with Gasteiger partial charge < -0.3 is 19.7 Å². The fourth-order valence-electron chi connectivity index (χ4n) is 5.38. The summed E-state index contributed by atoms with van der Waals surface area (Å²) in [5.41, 5.74) is 10.6. The molecule has 1 atom stereocenters. The zero-order valence-electron chi connectivity index (χ0n) is 20.4. The van der Waals surface area contributed by atoms with Gasteiger partial charge in [-0.3, -0.25) is 0 Å². The zero-order chi connectivity index (χ0) is 23.9. The van der Waals surface area contributed by atoms with Gasteiger partial charge in [0.2, 0.25) is 0 Å². The molecule has 3 aromatic carbocycles. The van der Waals surface area contributed by atoms with Crippen molar-refractivity contribution in [1.29, 1.82) is 0 Å². The van der Waals surface area contributed by atoms with Crippen LogP contribution < -0.4 is 9.47 Å². The highest BCUT2D eigenvalue weighted by molar-refractivity contribution is 5.75. The first-order valence-electron chi connectivity index (χ1n) is 12.2. The highest BCUT2D eigenvalue weighted by Gasteiger charge is 2.46. The molecule has 0 amide bonds. The maximum Gasteiger partial charge on any atom is 0.120 e. The van der Waals surface area contributed by atoms with Gasteiger partial charge in [-0.25, -0.2) is 0 Å². The maximum atomic E-state index is 9.57. The minimum absolute atomic E-state index is 0.0737. The highest BCUT2D eigenvalue weighted by atomic mass is 16.5. The molecule has 5 rings (SSSR count). The van der Waals surface area contributed by atoms with Gasteiger partial charge in [0, 0.05) is 0 Å². The van der Waals surface area contributed by atoms with E-state index < -0.39 is 6.10 Å². The van der Waals surface area contributed by atoms with Crippen molar-refractivity contribution >= 4 is 0 Å². The van der Waals surface area contributed by atoms with E-state index in [1.807, 2.05) is 12.1 Å². The Bertz CT molecular complexity index is 1190. The first-order chi connectivity index (χ1) is 16.4. The average molecular weight is 459 g/mol. The number of hydrogen-bond acceptors (Lipinski definition) is 4. The Hall–Kier alpha value is -2.82. The van der Waals surface area contributed by atoms with Gasteiger partial charge in [-0.1, -0.05) is 24.3 Å². The van der Waals surface area contributed by atoms with Gasteiger partial charge in [-0.15, -0.1) is 0 Å². The lowest BCUT2D eigenvalue weighted by molar-refractivity contribution is 0.0536. The second kappa shape index (κ2) is 9.09. The summed E-state index contributed by atoms with van der Waals surface area (Å²) in [6.07, 6.45) is 4.33. The molecule has 0 aromatic heterocycles. The Morgan fingerprint density at radius 3 is 2.32 bits per heavy atom. The van der Waals surface area contributed by atoms with Crippen molar-refractivity contribution in [2.75, 3.05) is 13.2 Å². The standard InChI is InChI=1S/C30H34O4/c1-19-11-27(34-18-25(32)16-31)12-20(2)29(19)28-6-4-5-23(21(28)3)17-33-26-8-7-22-14-30(9-10-30)15-24(22)13-26/h4-8,11-13,25,31-32H,9-10,14-18H2,1-3H3/t25-/m1/s1. The Morgan fingerprint density at radius 1 is 0.882 bits per heavy atom. The van der Waals surface area contributed by atoms with E-state index in [0.29, 0.717) is 17.8 Å². The van der Waals surface area contributed by atoms with Crippen LogP contribution in [-0.2, 0) is 19.4 Å². The van der Waals surface area contributed by atoms with Crippen molar-refractivity contribution in [2.45, 2.75) is 59.2 Å². The normalized spacial score (nSPS) is 16.4. The van der Waals surface area contributed by atoms with Gasteiger partial charge in [0.05, 0.1) is 6.61 Å². The fraction of sp³-hybridized carbons (Fsp3) is 0.400. The Balaban J connectivity index is 1.33.